The van der Waals surface area contributed by atoms with Crippen molar-refractivity contribution in [3.63, 3.8) is 0 Å². The molecule has 204 valence electrons. The molecule has 2 unspecified atom stereocenters. The van der Waals surface area contributed by atoms with Crippen molar-refractivity contribution in [2.75, 3.05) is 7.11 Å². The highest BCUT2D eigenvalue weighted by Gasteiger charge is 2.41. The average Bonchev–Trinajstić information content (AvgIpc) is 3.47. The molecule has 0 saturated heterocycles. The van der Waals surface area contributed by atoms with Crippen LogP contribution in [0.25, 0.3) is 21.8 Å². The first-order chi connectivity index (χ1) is 17.8. The Morgan fingerprint density at radius 2 is 1.87 bits per heavy atom. The van der Waals surface area contributed by atoms with Crippen LogP contribution in [0.2, 0.25) is 23.3 Å². The molecule has 38 heavy (non-hydrogen) atoms. The Kier molecular flexibility index (Phi) is 8.13. The second-order valence-electron chi connectivity index (χ2n) is 11.0. The van der Waals surface area contributed by atoms with Gasteiger partial charge in [0.05, 0.1) is 18.9 Å². The Hall–Kier alpha value is -2.60. The molecule has 0 aliphatic heterocycles. The standard InChI is InChI=1S/C26H34ClN5O4SSi/c1-14-10-18(17-12-20(27)29-13-19(17)34-5)21(23(28)33)22(30-14)24-31-32-25(37-24)35-15-8-9-16(11-15)36-38(6,7)26(2,3)4/h10,12-13,15-16H,8-9,11H2,1-7H3,(H2,28,33). The summed E-state index contributed by atoms with van der Waals surface area (Å²) in [6.45, 7) is 13.1. The summed E-state index contributed by atoms with van der Waals surface area (Å²) in [6, 6.07) is 3.39. The zero-order valence-corrected chi connectivity index (χ0v) is 25.4. The Labute approximate surface area is 233 Å². The van der Waals surface area contributed by atoms with Crippen LogP contribution >= 0.6 is 22.9 Å². The summed E-state index contributed by atoms with van der Waals surface area (Å²) < 4.78 is 18.2. The van der Waals surface area contributed by atoms with E-state index in [1.54, 1.807) is 12.1 Å². The largest absolute Gasteiger partial charge is 0.494 e. The molecule has 0 aromatic carbocycles. The molecule has 1 aliphatic rings. The minimum absolute atomic E-state index is 0.00886. The van der Waals surface area contributed by atoms with Gasteiger partial charge < -0.3 is 19.6 Å². The normalized spacial score (nSPS) is 18.0. The highest BCUT2D eigenvalue weighted by molar-refractivity contribution is 7.16. The number of ether oxygens (including phenoxy) is 2. The number of carbonyl (C=O) groups excluding carboxylic acids is 1. The van der Waals surface area contributed by atoms with Crippen LogP contribution in [0.1, 0.15) is 56.1 Å². The van der Waals surface area contributed by atoms with Crippen molar-refractivity contribution >= 4 is 37.2 Å². The number of hydrogen-bond donors (Lipinski definition) is 1. The summed E-state index contributed by atoms with van der Waals surface area (Å²) >= 11 is 7.39. The van der Waals surface area contributed by atoms with Crippen LogP contribution in [0.15, 0.2) is 18.3 Å². The summed E-state index contributed by atoms with van der Waals surface area (Å²) in [7, 11) is -0.332. The van der Waals surface area contributed by atoms with E-state index in [1.807, 2.05) is 6.92 Å². The monoisotopic (exact) mass is 575 g/mol. The molecule has 3 aromatic heterocycles. The quantitative estimate of drug-likeness (QED) is 0.254. The van der Waals surface area contributed by atoms with Gasteiger partial charge in [-0.25, -0.2) is 9.97 Å². The van der Waals surface area contributed by atoms with Crippen LogP contribution in [-0.4, -0.2) is 53.7 Å². The Morgan fingerprint density at radius 3 is 2.53 bits per heavy atom. The van der Waals surface area contributed by atoms with E-state index in [9.17, 15) is 4.79 Å². The fourth-order valence-electron chi connectivity index (χ4n) is 4.28. The smallest absolute Gasteiger partial charge is 0.294 e. The highest BCUT2D eigenvalue weighted by Crippen LogP contribution is 2.41. The van der Waals surface area contributed by atoms with Crippen molar-refractivity contribution in [3.05, 3.63) is 34.7 Å². The lowest BCUT2D eigenvalue weighted by atomic mass is 9.97. The van der Waals surface area contributed by atoms with Crippen molar-refractivity contribution < 1.29 is 18.7 Å². The predicted molar refractivity (Wildman–Crippen MR) is 152 cm³/mol. The van der Waals surface area contributed by atoms with E-state index in [-0.39, 0.29) is 28.0 Å². The maximum Gasteiger partial charge on any atom is 0.294 e. The SMILES string of the molecule is COc1cnc(Cl)cc1-c1cc(C)nc(-c2nnc(OC3CCC(O[Si](C)(C)C(C)(C)C)C3)s2)c1C(N)=O. The fraction of sp³-hybridized carbons (Fsp3) is 0.500. The number of methoxy groups -OCH3 is 1. The maximum atomic E-state index is 12.7. The number of hydrogen-bond acceptors (Lipinski definition) is 9. The van der Waals surface area contributed by atoms with Crippen LogP contribution < -0.4 is 15.2 Å². The van der Waals surface area contributed by atoms with E-state index in [0.717, 1.165) is 19.3 Å². The number of rotatable bonds is 8. The van der Waals surface area contributed by atoms with Gasteiger partial charge in [0.15, 0.2) is 13.3 Å². The van der Waals surface area contributed by atoms with Gasteiger partial charge in [0, 0.05) is 29.3 Å². The number of pyridine rings is 2. The Morgan fingerprint density at radius 1 is 1.16 bits per heavy atom. The van der Waals surface area contributed by atoms with Gasteiger partial charge in [0.1, 0.15) is 22.7 Å². The van der Waals surface area contributed by atoms with Gasteiger partial charge in [0.25, 0.3) is 11.1 Å². The number of primary amides is 1. The summed E-state index contributed by atoms with van der Waals surface area (Å²) in [6.07, 6.45) is 4.31. The second-order valence-corrected chi connectivity index (χ2v) is 17.1. The molecular weight excluding hydrogens is 542 g/mol. The number of carbonyl (C=O) groups is 1. The molecule has 9 nitrogen and oxygen atoms in total. The number of halogens is 1. The zero-order valence-electron chi connectivity index (χ0n) is 22.8. The number of nitrogens with zero attached hydrogens (tertiary/aromatic N) is 4. The van der Waals surface area contributed by atoms with Crippen LogP contribution in [0.4, 0.5) is 0 Å². The molecule has 1 amide bonds. The summed E-state index contributed by atoms with van der Waals surface area (Å²) in [5.41, 5.74) is 8.15. The van der Waals surface area contributed by atoms with E-state index in [1.165, 1.54) is 24.6 Å². The Bertz CT molecular complexity index is 1340. The summed E-state index contributed by atoms with van der Waals surface area (Å²) in [4.78, 5) is 21.4. The molecule has 1 saturated carbocycles. The van der Waals surface area contributed by atoms with Gasteiger partial charge in [0.2, 0.25) is 0 Å². The van der Waals surface area contributed by atoms with Crippen molar-refractivity contribution in [3.8, 4) is 32.8 Å². The first-order valence-corrected chi connectivity index (χ1v) is 16.6. The van der Waals surface area contributed by atoms with Gasteiger partial charge in [-0.15, -0.1) is 5.10 Å². The first-order valence-electron chi connectivity index (χ1n) is 12.5. The minimum atomic E-state index is -1.85. The molecule has 2 atom stereocenters. The van der Waals surface area contributed by atoms with Gasteiger partial charge in [-0.1, -0.05) is 48.8 Å². The van der Waals surface area contributed by atoms with Crippen molar-refractivity contribution in [2.24, 2.45) is 5.73 Å². The minimum Gasteiger partial charge on any atom is -0.494 e. The molecule has 2 N–H and O–H groups in total. The topological polar surface area (TPSA) is 122 Å². The van der Waals surface area contributed by atoms with E-state index in [0.29, 0.717) is 38.5 Å². The molecule has 1 fully saturated rings. The number of aromatic nitrogens is 4. The second kappa shape index (κ2) is 10.9. The summed E-state index contributed by atoms with van der Waals surface area (Å²) in [5, 5.41) is 9.81. The molecule has 0 radical (unpaired) electrons. The van der Waals surface area contributed by atoms with Gasteiger partial charge in [-0.05, 0) is 50.0 Å². The lowest BCUT2D eigenvalue weighted by Crippen LogP contribution is -2.43. The average molecular weight is 576 g/mol. The molecule has 12 heteroatoms. The van der Waals surface area contributed by atoms with E-state index in [2.05, 4.69) is 54.0 Å². The van der Waals surface area contributed by atoms with E-state index >= 15 is 0 Å². The molecule has 0 bridgehead atoms. The van der Waals surface area contributed by atoms with Gasteiger partial charge >= 0.3 is 0 Å². The van der Waals surface area contributed by atoms with Crippen LogP contribution in [0.3, 0.4) is 0 Å². The van der Waals surface area contributed by atoms with Crippen molar-refractivity contribution in [2.45, 2.75) is 77.3 Å². The van der Waals surface area contributed by atoms with Crippen molar-refractivity contribution in [1.29, 1.82) is 0 Å². The molecule has 3 aromatic rings. The van der Waals surface area contributed by atoms with E-state index < -0.39 is 14.2 Å². The van der Waals surface area contributed by atoms with Crippen LogP contribution in [0, 0.1) is 6.92 Å². The van der Waals surface area contributed by atoms with Crippen molar-refractivity contribution in [1.82, 2.24) is 20.2 Å². The molecular formula is C26H34ClN5O4SSi. The lowest BCUT2D eigenvalue weighted by molar-refractivity contribution is 0.100. The third kappa shape index (κ3) is 6.01. The number of aryl methyl sites for hydroxylation is 1. The number of nitrogens with two attached hydrogens (primary N) is 1. The first kappa shape index (κ1) is 28.4. The van der Waals surface area contributed by atoms with E-state index in [4.69, 9.17) is 31.2 Å². The fourth-order valence-corrected chi connectivity index (χ4v) is 6.60. The van der Waals surface area contributed by atoms with Gasteiger partial charge in [-0.2, -0.15) is 0 Å². The predicted octanol–water partition coefficient (Wildman–Crippen LogP) is 6.05. The summed E-state index contributed by atoms with van der Waals surface area (Å²) in [5.74, 6) is -0.206. The van der Waals surface area contributed by atoms with Crippen LogP contribution in [-0.2, 0) is 4.43 Å². The molecule has 3 heterocycles. The molecule has 0 spiro atoms. The third-order valence-electron chi connectivity index (χ3n) is 7.22. The lowest BCUT2D eigenvalue weighted by Gasteiger charge is -2.38. The van der Waals surface area contributed by atoms with Crippen LogP contribution in [0.5, 0.6) is 10.9 Å². The maximum absolute atomic E-state index is 12.7. The third-order valence-corrected chi connectivity index (χ3v) is 12.8. The number of amides is 1. The Balaban J connectivity index is 1.60. The highest BCUT2D eigenvalue weighted by atomic mass is 35.5. The molecule has 1 aliphatic carbocycles. The zero-order chi connectivity index (χ0) is 27.8. The molecule has 4 rings (SSSR count). The van der Waals surface area contributed by atoms with Gasteiger partial charge in [-0.3, -0.25) is 4.79 Å².